The first-order valence-corrected chi connectivity index (χ1v) is 30.8. The fourth-order valence-corrected chi connectivity index (χ4v) is 10.3. The van der Waals surface area contributed by atoms with Gasteiger partial charge in [0.1, 0.15) is 13.1 Å². The summed E-state index contributed by atoms with van der Waals surface area (Å²) in [5.74, 6) is 0. The zero-order valence-electron chi connectivity index (χ0n) is 49.8. The predicted octanol–water partition coefficient (Wildman–Crippen LogP) is 15.0. The molecule has 2 aliphatic rings. The van der Waals surface area contributed by atoms with Gasteiger partial charge in [-0.1, -0.05) is 173 Å². The maximum absolute atomic E-state index is 10.4. The van der Waals surface area contributed by atoms with Crippen LogP contribution in [0.3, 0.4) is 0 Å². The smallest absolute Gasteiger partial charge is 0.425 e. The maximum atomic E-state index is 10.4. The second-order valence-electron chi connectivity index (χ2n) is 20.9. The lowest BCUT2D eigenvalue weighted by Gasteiger charge is -2.22. The minimum absolute atomic E-state index is 0. The van der Waals surface area contributed by atoms with E-state index in [-0.39, 0.29) is 18.3 Å². The van der Waals surface area contributed by atoms with Gasteiger partial charge in [0.25, 0.3) is 12.9 Å². The molecule has 0 aromatic heterocycles. The van der Waals surface area contributed by atoms with Crippen LogP contribution in [0.1, 0.15) is 152 Å². The number of aryl methyl sites for hydroxylation is 2. The van der Waals surface area contributed by atoms with Crippen molar-refractivity contribution in [3.05, 3.63) is 197 Å². The number of nitrogens with zero attached hydrogens (tertiary/aromatic N) is 3. The summed E-state index contributed by atoms with van der Waals surface area (Å²) in [6.07, 6.45) is 30.2. The summed E-state index contributed by atoms with van der Waals surface area (Å²) in [6, 6.07) is 44.7. The van der Waals surface area contributed by atoms with Gasteiger partial charge in [-0.3, -0.25) is 14.6 Å². The molecule has 2 heterocycles. The number of hydrogen-bond acceptors (Lipinski definition) is 11. The van der Waals surface area contributed by atoms with E-state index in [4.69, 9.17) is 34.7 Å². The van der Waals surface area contributed by atoms with Crippen LogP contribution in [-0.4, -0.2) is 91.3 Å². The molecule has 0 saturated carbocycles. The van der Waals surface area contributed by atoms with Crippen LogP contribution in [0.4, 0.5) is 17.1 Å². The summed E-state index contributed by atoms with van der Waals surface area (Å²) in [5, 5.41) is 0. The van der Waals surface area contributed by atoms with Gasteiger partial charge in [-0.2, -0.15) is 9.15 Å². The lowest BCUT2D eigenvalue weighted by Crippen LogP contribution is -2.31. The van der Waals surface area contributed by atoms with Crippen LogP contribution < -0.4 is 0 Å². The molecule has 2 unspecified atom stereocenters. The third-order valence-electron chi connectivity index (χ3n) is 14.7. The lowest BCUT2D eigenvalue weighted by molar-refractivity contribution is -0.439. The number of carbonyl (C=O) groups is 2. The zero-order valence-corrected chi connectivity index (χ0v) is 51.4. The Labute approximate surface area is 504 Å². The molecular formula is C69H91N3O10S2+2. The average Bonchev–Trinajstić information content (AvgIpc) is 1.88. The number of fused-ring (bicyclic) bond motifs is 2. The van der Waals surface area contributed by atoms with Crippen LogP contribution in [0.15, 0.2) is 169 Å². The monoisotopic (exact) mass is 1190 g/mol. The number of ether oxygens (including phenoxy) is 2. The minimum Gasteiger partial charge on any atom is -0.468 e. The molecule has 0 saturated heterocycles. The maximum Gasteiger partial charge on any atom is 0.425 e. The summed E-state index contributed by atoms with van der Waals surface area (Å²) >= 11 is 0. The first kappa shape index (κ1) is 72.6. The van der Waals surface area contributed by atoms with Crippen LogP contribution in [0.25, 0.3) is 0 Å². The predicted molar refractivity (Wildman–Crippen MR) is 342 cm³/mol. The van der Waals surface area contributed by atoms with E-state index in [1.165, 1.54) is 88.3 Å². The normalized spacial score (nSPS) is 15.6. The minimum atomic E-state index is -3.11. The summed E-state index contributed by atoms with van der Waals surface area (Å²) in [5.41, 5.74) is 15.1. The van der Waals surface area contributed by atoms with Crippen molar-refractivity contribution in [2.75, 3.05) is 26.3 Å². The number of carbonyl (C=O) groups excluding carboxylic acids is 2. The topological polar surface area (TPSA) is 173 Å². The molecule has 15 heteroatoms. The third kappa shape index (κ3) is 26.0. The van der Waals surface area contributed by atoms with Crippen LogP contribution in [0.5, 0.6) is 0 Å². The Morgan fingerprint density at radius 2 is 0.940 bits per heavy atom. The van der Waals surface area contributed by atoms with Crippen LogP contribution in [-0.2, 0) is 64.0 Å². The molecule has 13 nitrogen and oxygen atoms in total. The van der Waals surface area contributed by atoms with Crippen molar-refractivity contribution in [2.24, 2.45) is 4.99 Å². The number of para-hydroxylation sites is 1. The van der Waals surface area contributed by atoms with Crippen molar-refractivity contribution in [2.45, 2.75) is 157 Å². The van der Waals surface area contributed by atoms with E-state index in [1.54, 1.807) is 0 Å². The van der Waals surface area contributed by atoms with Crippen molar-refractivity contribution < 1.29 is 53.5 Å². The van der Waals surface area contributed by atoms with E-state index in [0.717, 1.165) is 76.6 Å². The van der Waals surface area contributed by atoms with Crippen molar-refractivity contribution in [3.8, 4) is 0 Å². The Balaban J connectivity index is 0.000000419. The van der Waals surface area contributed by atoms with Gasteiger partial charge >= 0.3 is 21.2 Å². The molecule has 452 valence electrons. The van der Waals surface area contributed by atoms with Crippen molar-refractivity contribution in [1.29, 1.82) is 0 Å². The van der Waals surface area contributed by atoms with Gasteiger partial charge in [0.05, 0.1) is 29.7 Å². The van der Waals surface area contributed by atoms with Gasteiger partial charge in [0.15, 0.2) is 11.4 Å². The fourth-order valence-electron chi connectivity index (χ4n) is 10.3. The molecule has 0 N–H and O–H groups in total. The van der Waals surface area contributed by atoms with Crippen molar-refractivity contribution in [3.63, 3.8) is 0 Å². The number of rotatable bonds is 28. The van der Waals surface area contributed by atoms with Gasteiger partial charge < -0.3 is 9.47 Å². The Kier molecular flexibility index (Phi) is 35.9. The highest BCUT2D eigenvalue weighted by molar-refractivity contribution is 7.59. The Bertz CT molecular complexity index is 3140. The lowest BCUT2D eigenvalue weighted by atomic mass is 9.75. The Morgan fingerprint density at radius 1 is 0.512 bits per heavy atom. The number of hydrogen-bond donors (Lipinski definition) is 0. The van der Waals surface area contributed by atoms with Gasteiger partial charge in [-0.05, 0) is 121 Å². The molecule has 5 aromatic carbocycles. The van der Waals surface area contributed by atoms with E-state index < -0.39 is 21.2 Å². The second-order valence-corrected chi connectivity index (χ2v) is 21.7. The molecule has 0 bridgehead atoms. The summed E-state index contributed by atoms with van der Waals surface area (Å²) in [6.45, 7) is 20.2. The molecule has 0 aliphatic carbocycles. The van der Waals surface area contributed by atoms with Crippen molar-refractivity contribution >= 4 is 68.9 Å². The van der Waals surface area contributed by atoms with E-state index in [0.29, 0.717) is 26.2 Å². The number of allylic oxidation sites excluding steroid dienone is 6. The van der Waals surface area contributed by atoms with Gasteiger partial charge in [-0.15, -0.1) is 25.3 Å². The standard InChI is InChI=1S/C31H40NO2.C21H32NO2.C16H15N.CH4.2O3S/c1-4-5-21-31(3)28-24-26(2)19-20-29(28)32(22-13-8-14-23-34-25-33)30(31)18-12-7-11-17-27-15-9-6-10-16-27;1-5-6-12-21(4)18(3)22(13-8-7-9-14-24-16-23)20-11-10-17(2)15-19(20)21;1-3-9-15(10-4-1)11-7-8-14-17-16-12-5-2-6-13-16;;2*1-4(2)3/h6-7,9-12,15-16,18-20,24-25H,4-5,8,13-14,17,21-23H2,1-3H3;10-11,15-16H,5-9,12-14H2,1-4H3;1-10,12-14H,11H2;1H4;;/q2*+1;;;;. The Morgan fingerprint density at radius 3 is 1.42 bits per heavy atom. The summed E-state index contributed by atoms with van der Waals surface area (Å²) < 4.78 is 65.4. The molecular weight excluding hydrogens is 1090 g/mol. The average molecular weight is 1190 g/mol. The van der Waals surface area contributed by atoms with E-state index in [2.05, 4.69) is 184 Å². The highest BCUT2D eigenvalue weighted by Gasteiger charge is 2.47. The molecule has 84 heavy (non-hydrogen) atoms. The van der Waals surface area contributed by atoms with E-state index >= 15 is 0 Å². The highest BCUT2D eigenvalue weighted by Crippen LogP contribution is 2.45. The molecule has 2 atom stereocenters. The third-order valence-corrected chi connectivity index (χ3v) is 14.7. The second kappa shape index (κ2) is 41.5. The molecule has 0 spiro atoms. The quantitative estimate of drug-likeness (QED) is 0.0154. The SMILES string of the molecule is C.C(=CCc1ccccc1)C=Nc1ccccc1.CCCCC1(C)C(C)=[N+](CCCCCOC=O)c2ccc(C)cc21.CCCCC1(C)C(C=CC=CCc2ccccc2)=[N+](CCCCCOC=O)c2ccc(C)cc21.O=S(=O)=O.O=S(=O)=O. The number of aliphatic imine (C=N–C) groups is 1. The molecule has 0 amide bonds. The molecule has 5 aromatic rings. The number of unbranched alkanes of at least 4 members (excludes halogenated alkanes) is 6. The van der Waals surface area contributed by atoms with E-state index in [1.807, 2.05) is 48.7 Å². The van der Waals surface area contributed by atoms with Crippen molar-refractivity contribution in [1.82, 2.24) is 0 Å². The first-order chi connectivity index (χ1) is 40.1. The summed E-state index contributed by atoms with van der Waals surface area (Å²) in [7, 11) is -6.22. The largest absolute Gasteiger partial charge is 0.468 e. The van der Waals surface area contributed by atoms with Crippen LogP contribution >= 0.6 is 0 Å². The van der Waals surface area contributed by atoms with Gasteiger partial charge in [-0.25, -0.2) is 0 Å². The molecule has 0 radical (unpaired) electrons. The van der Waals surface area contributed by atoms with Gasteiger partial charge in [0.2, 0.25) is 11.4 Å². The van der Waals surface area contributed by atoms with Gasteiger partial charge in [0, 0.05) is 55.3 Å². The van der Waals surface area contributed by atoms with Crippen LogP contribution in [0.2, 0.25) is 0 Å². The zero-order chi connectivity index (χ0) is 60.7. The Hall–Kier alpha value is -7.49. The van der Waals surface area contributed by atoms with Crippen LogP contribution in [0, 0.1) is 13.8 Å². The fraction of sp³-hybridized carbons (Fsp3) is 0.406. The molecule has 7 rings (SSSR count). The highest BCUT2D eigenvalue weighted by atomic mass is 32.2. The summed E-state index contributed by atoms with van der Waals surface area (Å²) in [4.78, 5) is 24.9. The molecule has 0 fully saturated rings. The molecule has 2 aliphatic heterocycles. The van der Waals surface area contributed by atoms with E-state index in [9.17, 15) is 9.59 Å². The first-order valence-electron chi connectivity index (χ1n) is 28.8. The number of benzene rings is 5.